The highest BCUT2D eigenvalue weighted by Crippen LogP contribution is 2.52. The van der Waals surface area contributed by atoms with Gasteiger partial charge in [-0.2, -0.15) is 26.3 Å². The van der Waals surface area contributed by atoms with Gasteiger partial charge in [-0.1, -0.05) is 0 Å². The maximum Gasteiger partial charge on any atom is 0.377 e. The van der Waals surface area contributed by atoms with Crippen molar-refractivity contribution in [3.63, 3.8) is 0 Å². The van der Waals surface area contributed by atoms with Crippen molar-refractivity contribution in [1.82, 2.24) is 0 Å². The fraction of sp³-hybridized carbons (Fsp3) is 1.00. The minimum atomic E-state index is -6.37. The van der Waals surface area contributed by atoms with Crippen molar-refractivity contribution in [1.29, 1.82) is 0 Å². The highest BCUT2D eigenvalue weighted by Gasteiger charge is 2.77. The van der Waals surface area contributed by atoms with Gasteiger partial charge in [0.25, 0.3) is 17.7 Å². The minimum Gasteiger partial charge on any atom is -0.335 e. The maximum absolute atomic E-state index is 13.7. The topological polar surface area (TPSA) is 43.4 Å². The molecule has 3 nitrogen and oxygen atoms in total. The molecule has 0 saturated carbocycles. The fourth-order valence-electron chi connectivity index (χ4n) is 1.56. The summed E-state index contributed by atoms with van der Waals surface area (Å²) in [5, 5.41) is 0. The Kier molecular flexibility index (Phi) is 7.04. The van der Waals surface area contributed by atoms with Gasteiger partial charge in [0.15, 0.2) is 0 Å². The Morgan fingerprint density at radius 3 is 1.50 bits per heavy atom. The Labute approximate surface area is 141 Å². The van der Waals surface area contributed by atoms with Crippen LogP contribution in [-0.2, 0) is 15.4 Å². The molecule has 0 aliphatic heterocycles. The molecule has 0 bridgehead atoms. The largest absolute Gasteiger partial charge is 0.377 e. The van der Waals surface area contributed by atoms with E-state index in [-0.39, 0.29) is 0 Å². The molecule has 0 N–H and O–H groups in total. The third-order valence-corrected chi connectivity index (χ3v) is 3.66. The highest BCUT2D eigenvalue weighted by atomic mass is 32.2. The minimum absolute atomic E-state index is 0.560. The van der Waals surface area contributed by atoms with Gasteiger partial charge in [0, 0.05) is 13.8 Å². The molecule has 0 aliphatic carbocycles. The number of thiol groups is 1. The summed E-state index contributed by atoms with van der Waals surface area (Å²) in [7, 11) is -3.82. The smallest absolute Gasteiger partial charge is 0.335 e. The van der Waals surface area contributed by atoms with E-state index < -0.39 is 78.8 Å². The average Bonchev–Trinajstić information content (AvgIpc) is 2.31. The van der Waals surface area contributed by atoms with Crippen molar-refractivity contribution in [2.24, 2.45) is 0 Å². The van der Waals surface area contributed by atoms with Gasteiger partial charge >= 0.3 is 17.8 Å². The zero-order chi connectivity index (χ0) is 21.4. The molecule has 0 aromatic heterocycles. The van der Waals surface area contributed by atoms with Crippen LogP contribution in [0.3, 0.4) is 0 Å². The number of ether oxygens (including phenoxy) is 1. The molecular weight excluding hydrogens is 421 g/mol. The molecule has 0 radical (unpaired) electrons. The summed E-state index contributed by atoms with van der Waals surface area (Å²) in [6.07, 6.45) is -2.61. The zero-order valence-corrected chi connectivity index (χ0v) is 13.8. The molecule has 0 heterocycles. The van der Waals surface area contributed by atoms with E-state index in [0.29, 0.717) is 0 Å². The van der Waals surface area contributed by atoms with E-state index in [1.165, 1.54) is 0 Å². The van der Waals surface area contributed by atoms with Crippen LogP contribution in [0.25, 0.3) is 0 Å². The van der Waals surface area contributed by atoms with Crippen LogP contribution in [0.15, 0.2) is 0 Å². The Balaban J connectivity index is 5.33. The van der Waals surface area contributed by atoms with E-state index in [1.54, 1.807) is 0 Å². The Hall–Kier alpha value is -0.860. The third-order valence-electron chi connectivity index (χ3n) is 2.94. The molecule has 0 amide bonds. The summed E-state index contributed by atoms with van der Waals surface area (Å²) in [5.41, 5.74) is 0. The van der Waals surface area contributed by atoms with E-state index in [4.69, 9.17) is 0 Å². The summed E-state index contributed by atoms with van der Waals surface area (Å²) in [6, 6.07) is 0. The highest BCUT2D eigenvalue weighted by molar-refractivity contribution is 7.72. The first kappa shape index (κ1) is 25.1. The lowest BCUT2D eigenvalue weighted by atomic mass is 9.99. The van der Waals surface area contributed by atoms with Crippen LogP contribution in [0.2, 0.25) is 0 Å². The second-order valence-corrected chi connectivity index (χ2v) is 6.60. The van der Waals surface area contributed by atoms with Gasteiger partial charge in [-0.25, -0.2) is 30.4 Å². The van der Waals surface area contributed by atoms with Gasteiger partial charge in [0.05, 0.1) is 6.42 Å². The summed E-state index contributed by atoms with van der Waals surface area (Å²) in [6.45, 7) is -3.88. The van der Waals surface area contributed by atoms with E-state index in [2.05, 4.69) is 4.74 Å². The second kappa shape index (κ2) is 7.28. The summed E-state index contributed by atoms with van der Waals surface area (Å²) in [4.78, 5) is 0. The van der Waals surface area contributed by atoms with E-state index in [0.717, 1.165) is 0 Å². The first-order valence-electron chi connectivity index (χ1n) is 6.42. The molecule has 158 valence electrons. The van der Waals surface area contributed by atoms with Crippen LogP contribution in [-0.4, -0.2) is 56.2 Å². The van der Waals surface area contributed by atoms with Crippen molar-refractivity contribution >= 4 is 10.7 Å². The molecule has 1 atom stereocenters. The molecule has 1 unspecified atom stereocenters. The third kappa shape index (κ3) is 5.82. The Morgan fingerprint density at radius 1 is 0.731 bits per heavy atom. The van der Waals surface area contributed by atoms with Crippen LogP contribution >= 0.6 is 0 Å². The molecule has 0 aromatic rings. The molecule has 0 aromatic carbocycles. The first-order valence-corrected chi connectivity index (χ1v) is 7.78. The predicted octanol–water partition coefficient (Wildman–Crippen LogP) is 3.89. The quantitative estimate of drug-likeness (QED) is 0.419. The van der Waals surface area contributed by atoms with Crippen molar-refractivity contribution in [3.05, 3.63) is 0 Å². The van der Waals surface area contributed by atoms with Crippen molar-refractivity contribution in [3.8, 4) is 0 Å². The van der Waals surface area contributed by atoms with Crippen LogP contribution < -0.4 is 0 Å². The van der Waals surface area contributed by atoms with E-state index in [9.17, 15) is 56.7 Å². The molecular formula is C11H13F11O3S. The number of hydrogen-bond acceptors (Lipinski definition) is 3. The van der Waals surface area contributed by atoms with Crippen LogP contribution in [0, 0.1) is 0 Å². The van der Waals surface area contributed by atoms with E-state index >= 15 is 0 Å². The average molecular weight is 434 g/mol. The van der Waals surface area contributed by atoms with Crippen LogP contribution in [0.1, 0.15) is 20.3 Å². The van der Waals surface area contributed by atoms with Crippen LogP contribution in [0.5, 0.6) is 0 Å². The van der Waals surface area contributed by atoms with E-state index in [1.807, 2.05) is 0 Å². The van der Waals surface area contributed by atoms with Gasteiger partial charge in [-0.15, -0.1) is 0 Å². The standard InChI is InChI=1S/C11H13F11O3S/c1-6(12,13)10(19,20)11(21,22)7(2,14)25-4-8(15,16)3-9(17,18)5-26(23)24/h26H,3-5H2,1-2H3. The number of hydrogen-bond donors (Lipinski definition) is 1. The van der Waals surface area contributed by atoms with Crippen molar-refractivity contribution in [2.45, 2.75) is 55.7 Å². The zero-order valence-electron chi connectivity index (χ0n) is 13.0. The number of halogens is 11. The number of rotatable bonds is 10. The molecule has 0 rings (SSSR count). The molecule has 0 fully saturated rings. The van der Waals surface area contributed by atoms with Gasteiger partial charge in [0.2, 0.25) is 0 Å². The van der Waals surface area contributed by atoms with Crippen molar-refractivity contribution in [2.75, 3.05) is 12.4 Å². The van der Waals surface area contributed by atoms with Gasteiger partial charge < -0.3 is 4.74 Å². The lowest BCUT2D eigenvalue weighted by Gasteiger charge is -2.38. The molecule has 0 spiro atoms. The van der Waals surface area contributed by atoms with Crippen molar-refractivity contribution < 1.29 is 61.4 Å². The van der Waals surface area contributed by atoms with Gasteiger partial charge in [0.1, 0.15) is 23.1 Å². The summed E-state index contributed by atoms with van der Waals surface area (Å²) in [5.74, 6) is -34.7. The normalized spacial score (nSPS) is 17.5. The lowest BCUT2D eigenvalue weighted by Crippen LogP contribution is -2.63. The predicted molar refractivity (Wildman–Crippen MR) is 65.7 cm³/mol. The Morgan fingerprint density at radius 2 is 1.15 bits per heavy atom. The van der Waals surface area contributed by atoms with Gasteiger partial charge in [-0.3, -0.25) is 0 Å². The molecule has 26 heavy (non-hydrogen) atoms. The van der Waals surface area contributed by atoms with Crippen LogP contribution in [0.4, 0.5) is 48.3 Å². The number of alkyl halides is 11. The summed E-state index contributed by atoms with van der Waals surface area (Å²) >= 11 is 0. The fourth-order valence-corrected chi connectivity index (χ4v) is 2.05. The molecule has 15 heteroatoms. The monoisotopic (exact) mass is 434 g/mol. The molecule has 0 saturated heterocycles. The lowest BCUT2D eigenvalue weighted by molar-refractivity contribution is -0.387. The summed E-state index contributed by atoms with van der Waals surface area (Å²) < 4.78 is 168. The Bertz CT molecular complexity index is 558. The maximum atomic E-state index is 13.7. The second-order valence-electron chi connectivity index (χ2n) is 5.62. The molecule has 0 aliphatic rings. The first-order chi connectivity index (χ1) is 11.1. The SMILES string of the molecule is CC(F)(F)C(F)(F)C(F)(F)C(C)(F)OCC(F)(F)CC(F)(F)C[SH](=O)=O. The van der Waals surface area contributed by atoms with Gasteiger partial charge in [-0.05, 0) is 0 Å².